The maximum Gasteiger partial charge on any atom is 0.170 e. The molecule has 0 saturated heterocycles. The third-order valence-electron chi connectivity index (χ3n) is 4.38. The summed E-state index contributed by atoms with van der Waals surface area (Å²) in [5, 5.41) is 3.51. The predicted octanol–water partition coefficient (Wildman–Crippen LogP) is 4.06. The Morgan fingerprint density at radius 3 is 2.32 bits per heavy atom. The average molecular weight is 327 g/mol. The van der Waals surface area contributed by atoms with Crippen LogP contribution in [-0.4, -0.2) is 25.6 Å². The summed E-state index contributed by atoms with van der Waals surface area (Å²) in [5.74, 6) is 1.54. The topological polar surface area (TPSA) is 55.6 Å². The van der Waals surface area contributed by atoms with Crippen molar-refractivity contribution >= 4 is 17.0 Å². The van der Waals surface area contributed by atoms with Crippen molar-refractivity contribution in [3.63, 3.8) is 0 Å². The zero-order chi connectivity index (χ0) is 16.6. The van der Waals surface area contributed by atoms with E-state index in [4.69, 9.17) is 9.97 Å². The van der Waals surface area contributed by atoms with Gasteiger partial charge in [-0.05, 0) is 25.0 Å². The predicted molar refractivity (Wildman–Crippen MR) is 98.7 cm³/mol. The van der Waals surface area contributed by atoms with Gasteiger partial charge in [-0.3, -0.25) is 4.57 Å². The van der Waals surface area contributed by atoms with Crippen LogP contribution < -0.4 is 5.32 Å². The molecule has 4 aromatic rings. The van der Waals surface area contributed by atoms with Crippen LogP contribution in [0.2, 0.25) is 0 Å². The second-order valence-corrected chi connectivity index (χ2v) is 6.30. The quantitative estimate of drug-likeness (QED) is 0.614. The van der Waals surface area contributed by atoms with Crippen molar-refractivity contribution in [2.45, 2.75) is 18.9 Å². The van der Waals surface area contributed by atoms with Crippen LogP contribution in [0.15, 0.2) is 67.0 Å². The van der Waals surface area contributed by atoms with Gasteiger partial charge in [-0.1, -0.05) is 48.5 Å². The molecule has 1 fully saturated rings. The Bertz CT molecular complexity index is 1020. The Kier molecular flexibility index (Phi) is 3.23. The van der Waals surface area contributed by atoms with Gasteiger partial charge in [0.1, 0.15) is 6.33 Å². The lowest BCUT2D eigenvalue weighted by atomic mass is 10.2. The first kappa shape index (κ1) is 14.2. The third kappa shape index (κ3) is 2.63. The van der Waals surface area contributed by atoms with Crippen LogP contribution in [0.25, 0.3) is 28.2 Å². The summed E-state index contributed by atoms with van der Waals surface area (Å²) in [6, 6.07) is 20.7. The maximum absolute atomic E-state index is 4.82. The normalized spacial score (nSPS) is 13.9. The van der Waals surface area contributed by atoms with Crippen LogP contribution in [-0.2, 0) is 0 Å². The molecule has 5 nitrogen and oxygen atoms in total. The highest BCUT2D eigenvalue weighted by Gasteiger charge is 2.24. The number of imidazole rings is 1. The van der Waals surface area contributed by atoms with Gasteiger partial charge >= 0.3 is 0 Å². The molecule has 25 heavy (non-hydrogen) atoms. The van der Waals surface area contributed by atoms with Crippen LogP contribution in [0.5, 0.6) is 0 Å². The smallest absolute Gasteiger partial charge is 0.170 e. The lowest BCUT2D eigenvalue weighted by Gasteiger charge is -2.09. The zero-order valence-electron chi connectivity index (χ0n) is 13.6. The van der Waals surface area contributed by atoms with Gasteiger partial charge in [-0.25, -0.2) is 15.0 Å². The molecule has 2 aromatic heterocycles. The van der Waals surface area contributed by atoms with Crippen LogP contribution in [0, 0.1) is 0 Å². The second kappa shape index (κ2) is 5.70. The highest BCUT2D eigenvalue weighted by Crippen LogP contribution is 2.30. The van der Waals surface area contributed by atoms with Crippen molar-refractivity contribution in [1.82, 2.24) is 19.5 Å². The molecule has 1 N–H and O–H groups in total. The number of hydrogen-bond donors (Lipinski definition) is 1. The fraction of sp³-hybridized carbons (Fsp3) is 0.150. The van der Waals surface area contributed by atoms with Gasteiger partial charge in [0.15, 0.2) is 22.8 Å². The molecule has 2 aromatic carbocycles. The van der Waals surface area contributed by atoms with E-state index in [0.717, 1.165) is 28.2 Å². The number of rotatable bonds is 4. The summed E-state index contributed by atoms with van der Waals surface area (Å²) < 4.78 is 2.02. The summed E-state index contributed by atoms with van der Waals surface area (Å²) in [5.41, 5.74) is 3.68. The van der Waals surface area contributed by atoms with Crippen molar-refractivity contribution in [1.29, 1.82) is 0 Å². The largest absolute Gasteiger partial charge is 0.365 e. The molecule has 0 atom stereocenters. The molecule has 1 saturated carbocycles. The van der Waals surface area contributed by atoms with E-state index in [0.29, 0.717) is 11.9 Å². The van der Waals surface area contributed by atoms with E-state index in [1.54, 1.807) is 0 Å². The number of nitrogens with zero attached hydrogens (tertiary/aromatic N) is 4. The van der Waals surface area contributed by atoms with Gasteiger partial charge in [0.2, 0.25) is 0 Å². The Hall–Kier alpha value is -3.21. The average Bonchev–Trinajstić information content (AvgIpc) is 3.38. The van der Waals surface area contributed by atoms with Gasteiger partial charge < -0.3 is 5.32 Å². The SMILES string of the molecule is c1ccc(-c2nc(NC3CC3)c3ncn(-c4ccccc4)c3n2)cc1. The molecular formula is C20H17N5. The molecule has 5 heteroatoms. The molecule has 2 heterocycles. The molecule has 0 aliphatic heterocycles. The maximum atomic E-state index is 4.82. The van der Waals surface area contributed by atoms with E-state index >= 15 is 0 Å². The molecule has 1 aliphatic carbocycles. The minimum absolute atomic E-state index is 0.503. The summed E-state index contributed by atoms with van der Waals surface area (Å²) in [7, 11) is 0. The van der Waals surface area contributed by atoms with Gasteiger partial charge in [-0.15, -0.1) is 0 Å². The fourth-order valence-corrected chi connectivity index (χ4v) is 2.92. The van der Waals surface area contributed by atoms with Gasteiger partial charge in [0, 0.05) is 17.3 Å². The lowest BCUT2D eigenvalue weighted by Crippen LogP contribution is -2.06. The number of anilines is 1. The fourth-order valence-electron chi connectivity index (χ4n) is 2.92. The van der Waals surface area contributed by atoms with E-state index in [9.17, 15) is 0 Å². The minimum Gasteiger partial charge on any atom is -0.365 e. The Labute approximate surface area is 145 Å². The van der Waals surface area contributed by atoms with Crippen LogP contribution in [0.1, 0.15) is 12.8 Å². The van der Waals surface area contributed by atoms with Crippen molar-refractivity contribution in [3.05, 3.63) is 67.0 Å². The van der Waals surface area contributed by atoms with Crippen LogP contribution >= 0.6 is 0 Å². The highest BCUT2D eigenvalue weighted by molar-refractivity contribution is 5.86. The van der Waals surface area contributed by atoms with Crippen molar-refractivity contribution in [3.8, 4) is 17.1 Å². The van der Waals surface area contributed by atoms with Crippen LogP contribution in [0.3, 0.4) is 0 Å². The Balaban J connectivity index is 1.73. The number of fused-ring (bicyclic) bond motifs is 1. The number of aromatic nitrogens is 4. The monoisotopic (exact) mass is 327 g/mol. The van der Waals surface area contributed by atoms with Crippen molar-refractivity contribution < 1.29 is 0 Å². The molecule has 5 rings (SSSR count). The van der Waals surface area contributed by atoms with E-state index in [1.165, 1.54) is 12.8 Å². The molecule has 1 aliphatic rings. The molecule has 0 unspecified atom stereocenters. The molecular weight excluding hydrogens is 310 g/mol. The molecule has 0 bridgehead atoms. The lowest BCUT2D eigenvalue weighted by molar-refractivity contribution is 1.06. The standard InChI is InChI=1S/C20H17N5/c1-3-7-14(8-4-1)18-23-19(22-15-11-12-15)17-20(24-18)25(13-21-17)16-9-5-2-6-10-16/h1-10,13,15H,11-12H2,(H,22,23,24). The van der Waals surface area contributed by atoms with Gasteiger partial charge in [-0.2, -0.15) is 0 Å². The molecule has 0 radical (unpaired) electrons. The summed E-state index contributed by atoms with van der Waals surface area (Å²) in [6.07, 6.45) is 4.19. The summed E-state index contributed by atoms with van der Waals surface area (Å²) in [6.45, 7) is 0. The van der Waals surface area contributed by atoms with Crippen LogP contribution in [0.4, 0.5) is 5.82 Å². The minimum atomic E-state index is 0.503. The number of para-hydroxylation sites is 1. The van der Waals surface area contributed by atoms with E-state index < -0.39 is 0 Å². The van der Waals surface area contributed by atoms with E-state index in [1.807, 2.05) is 59.4 Å². The first-order chi connectivity index (χ1) is 12.4. The first-order valence-electron chi connectivity index (χ1n) is 8.51. The van der Waals surface area contributed by atoms with Crippen molar-refractivity contribution in [2.75, 3.05) is 5.32 Å². The van der Waals surface area contributed by atoms with Crippen molar-refractivity contribution in [2.24, 2.45) is 0 Å². The highest BCUT2D eigenvalue weighted by atomic mass is 15.2. The Morgan fingerprint density at radius 1 is 0.880 bits per heavy atom. The molecule has 0 amide bonds. The van der Waals surface area contributed by atoms with E-state index in [2.05, 4.69) is 22.4 Å². The number of nitrogens with one attached hydrogen (secondary N) is 1. The number of benzene rings is 2. The summed E-state index contributed by atoms with van der Waals surface area (Å²) in [4.78, 5) is 14.2. The van der Waals surface area contributed by atoms with E-state index in [-0.39, 0.29) is 0 Å². The third-order valence-corrected chi connectivity index (χ3v) is 4.38. The second-order valence-electron chi connectivity index (χ2n) is 6.30. The molecule has 122 valence electrons. The van der Waals surface area contributed by atoms with Gasteiger partial charge in [0.05, 0.1) is 0 Å². The Morgan fingerprint density at radius 2 is 1.60 bits per heavy atom. The van der Waals surface area contributed by atoms with Gasteiger partial charge in [0.25, 0.3) is 0 Å². The first-order valence-corrected chi connectivity index (χ1v) is 8.51. The summed E-state index contributed by atoms with van der Waals surface area (Å²) >= 11 is 0. The molecule has 0 spiro atoms. The zero-order valence-corrected chi connectivity index (χ0v) is 13.6. The number of hydrogen-bond acceptors (Lipinski definition) is 4.